The van der Waals surface area contributed by atoms with Crippen LogP contribution >= 0.6 is 0 Å². The zero-order valence-corrected chi connectivity index (χ0v) is 7.00. The molecule has 0 aromatic heterocycles. The van der Waals surface area contributed by atoms with Crippen molar-refractivity contribution in [3.63, 3.8) is 0 Å². The van der Waals surface area contributed by atoms with Gasteiger partial charge in [-0.1, -0.05) is 0 Å². The minimum atomic E-state index is -0.518. The third kappa shape index (κ3) is 1.94. The Hall–Kier alpha value is -1.62. The Morgan fingerprint density at radius 2 is 2.31 bits per heavy atom. The summed E-state index contributed by atoms with van der Waals surface area (Å²) in [4.78, 5) is 11.0. The molecule has 0 unspecified atom stereocenters. The van der Waals surface area contributed by atoms with Crippen LogP contribution in [-0.2, 0) is 0 Å². The normalized spacial score (nSPS) is 9.46. The highest BCUT2D eigenvalue weighted by atomic mass is 19.1. The van der Waals surface area contributed by atoms with Crippen LogP contribution < -0.4 is 16.0 Å². The van der Waals surface area contributed by atoms with E-state index in [1.54, 1.807) is 0 Å². The molecule has 0 heterocycles. The molecule has 70 valence electrons. The van der Waals surface area contributed by atoms with Crippen LogP contribution in [0.2, 0.25) is 0 Å². The van der Waals surface area contributed by atoms with E-state index in [1.165, 1.54) is 19.2 Å². The van der Waals surface area contributed by atoms with Gasteiger partial charge in [-0.05, 0) is 18.2 Å². The summed E-state index contributed by atoms with van der Waals surface area (Å²) in [7, 11) is 1.32. The lowest BCUT2D eigenvalue weighted by Gasteiger charge is -2.03. The maximum absolute atomic E-state index is 12.8. The van der Waals surface area contributed by atoms with Crippen LogP contribution in [0.3, 0.4) is 0 Å². The topological polar surface area (TPSA) is 64.3 Å². The van der Waals surface area contributed by atoms with Gasteiger partial charge in [0.15, 0.2) is 11.6 Å². The molecule has 0 bridgehead atoms. The number of hydrogen-bond donors (Lipinski definition) is 2. The van der Waals surface area contributed by atoms with Crippen molar-refractivity contribution < 1.29 is 13.9 Å². The summed E-state index contributed by atoms with van der Waals surface area (Å²) in [6.45, 7) is 0. The first-order valence-electron chi connectivity index (χ1n) is 3.53. The second kappa shape index (κ2) is 3.86. The van der Waals surface area contributed by atoms with Crippen molar-refractivity contribution in [2.45, 2.75) is 0 Å². The van der Waals surface area contributed by atoms with E-state index in [9.17, 15) is 9.18 Å². The molecule has 0 fully saturated rings. The highest BCUT2D eigenvalue weighted by Crippen LogP contribution is 2.17. The lowest BCUT2D eigenvalue weighted by atomic mass is 10.2. The summed E-state index contributed by atoms with van der Waals surface area (Å²) < 4.78 is 17.5. The van der Waals surface area contributed by atoms with Gasteiger partial charge in [-0.3, -0.25) is 10.2 Å². The maximum atomic E-state index is 12.8. The molecular weight excluding hydrogens is 175 g/mol. The molecule has 1 rings (SSSR count). The highest BCUT2D eigenvalue weighted by Gasteiger charge is 2.08. The van der Waals surface area contributed by atoms with Gasteiger partial charge in [0.2, 0.25) is 0 Å². The molecule has 0 spiro atoms. The van der Waals surface area contributed by atoms with E-state index in [0.29, 0.717) is 0 Å². The van der Waals surface area contributed by atoms with Crippen molar-refractivity contribution in [1.82, 2.24) is 5.43 Å². The molecule has 0 saturated heterocycles. The Morgan fingerprint density at radius 3 is 2.85 bits per heavy atom. The van der Waals surface area contributed by atoms with E-state index in [2.05, 4.69) is 4.74 Å². The van der Waals surface area contributed by atoms with Crippen LogP contribution in [0.5, 0.6) is 5.75 Å². The van der Waals surface area contributed by atoms with Gasteiger partial charge in [0.1, 0.15) is 0 Å². The fraction of sp³-hybridized carbons (Fsp3) is 0.125. The summed E-state index contributed by atoms with van der Waals surface area (Å²) in [5.74, 6) is 3.91. The number of amides is 1. The molecule has 4 nitrogen and oxygen atoms in total. The molecule has 13 heavy (non-hydrogen) atoms. The molecule has 0 aliphatic rings. The molecule has 3 N–H and O–H groups in total. The molecule has 1 aromatic rings. The van der Waals surface area contributed by atoms with Crippen molar-refractivity contribution in [2.24, 2.45) is 5.84 Å². The minimum absolute atomic E-state index is 0.0149. The van der Waals surface area contributed by atoms with Gasteiger partial charge in [0.25, 0.3) is 5.91 Å². The van der Waals surface area contributed by atoms with Gasteiger partial charge >= 0.3 is 0 Å². The van der Waals surface area contributed by atoms with Crippen molar-refractivity contribution >= 4 is 5.91 Å². The number of hydrazine groups is 1. The maximum Gasteiger partial charge on any atom is 0.265 e. The third-order valence-electron chi connectivity index (χ3n) is 1.54. The summed E-state index contributed by atoms with van der Waals surface area (Å²) >= 11 is 0. The average Bonchev–Trinajstić information content (AvgIpc) is 2.17. The number of halogens is 1. The zero-order chi connectivity index (χ0) is 9.84. The Labute approximate surface area is 74.5 Å². The first-order valence-corrected chi connectivity index (χ1v) is 3.53. The van der Waals surface area contributed by atoms with Crippen LogP contribution in [0.15, 0.2) is 18.2 Å². The lowest BCUT2D eigenvalue weighted by Crippen LogP contribution is -2.29. The molecule has 0 aliphatic carbocycles. The zero-order valence-electron chi connectivity index (χ0n) is 7.00. The number of hydrogen-bond acceptors (Lipinski definition) is 3. The Balaban J connectivity index is 3.06. The summed E-state index contributed by atoms with van der Waals surface area (Å²) in [5.41, 5.74) is 2.19. The molecule has 0 saturated carbocycles. The summed E-state index contributed by atoms with van der Waals surface area (Å²) in [5, 5.41) is 0. The number of ether oxygens (including phenoxy) is 1. The van der Waals surface area contributed by atoms with E-state index in [1.807, 2.05) is 5.43 Å². The monoisotopic (exact) mass is 184 g/mol. The fourth-order valence-electron chi connectivity index (χ4n) is 0.884. The van der Waals surface area contributed by atoms with Crippen LogP contribution in [0.25, 0.3) is 0 Å². The van der Waals surface area contributed by atoms with Gasteiger partial charge in [-0.2, -0.15) is 0 Å². The van der Waals surface area contributed by atoms with Gasteiger partial charge in [0, 0.05) is 5.56 Å². The number of benzene rings is 1. The number of carbonyl (C=O) groups excluding carboxylic acids is 1. The molecule has 0 radical (unpaired) electrons. The summed E-state index contributed by atoms with van der Waals surface area (Å²) in [6, 6.07) is 3.74. The quantitative estimate of drug-likeness (QED) is 0.398. The minimum Gasteiger partial charge on any atom is -0.494 e. The van der Waals surface area contributed by atoms with Crippen molar-refractivity contribution in [2.75, 3.05) is 7.11 Å². The SMILES string of the molecule is COc1cc(C(=O)NN)ccc1F. The predicted octanol–water partition coefficient (Wildman–Crippen LogP) is 0.438. The predicted molar refractivity (Wildman–Crippen MR) is 44.6 cm³/mol. The van der Waals surface area contributed by atoms with Crippen LogP contribution in [-0.4, -0.2) is 13.0 Å². The van der Waals surface area contributed by atoms with Crippen LogP contribution in [0.1, 0.15) is 10.4 Å². The Morgan fingerprint density at radius 1 is 1.62 bits per heavy atom. The summed E-state index contributed by atoms with van der Waals surface area (Å²) in [6.07, 6.45) is 0. The van der Waals surface area contributed by atoms with Crippen molar-refractivity contribution in [1.29, 1.82) is 0 Å². The highest BCUT2D eigenvalue weighted by molar-refractivity contribution is 5.94. The fourth-order valence-corrected chi connectivity index (χ4v) is 0.884. The van der Waals surface area contributed by atoms with Gasteiger partial charge in [-0.15, -0.1) is 0 Å². The largest absolute Gasteiger partial charge is 0.494 e. The average molecular weight is 184 g/mol. The smallest absolute Gasteiger partial charge is 0.265 e. The first kappa shape index (κ1) is 9.47. The standard InChI is InChI=1S/C8H9FN2O2/c1-13-7-4-5(8(12)11-10)2-3-6(7)9/h2-4H,10H2,1H3,(H,11,12). The third-order valence-corrected chi connectivity index (χ3v) is 1.54. The van der Waals surface area contributed by atoms with Crippen molar-refractivity contribution in [3.05, 3.63) is 29.6 Å². The molecular formula is C8H9FN2O2. The number of carbonyl (C=O) groups is 1. The van der Waals surface area contributed by atoms with E-state index in [-0.39, 0.29) is 11.3 Å². The Bertz CT molecular complexity index is 328. The molecule has 0 aliphatic heterocycles. The van der Waals surface area contributed by atoms with E-state index < -0.39 is 11.7 Å². The molecule has 1 amide bonds. The van der Waals surface area contributed by atoms with Crippen molar-refractivity contribution in [3.8, 4) is 5.75 Å². The number of methoxy groups -OCH3 is 1. The first-order chi connectivity index (χ1) is 6.19. The van der Waals surface area contributed by atoms with E-state index in [0.717, 1.165) is 6.07 Å². The van der Waals surface area contributed by atoms with Crippen LogP contribution in [0, 0.1) is 5.82 Å². The number of nitrogen functional groups attached to an aromatic ring is 1. The van der Waals surface area contributed by atoms with Gasteiger partial charge < -0.3 is 4.74 Å². The molecule has 1 aromatic carbocycles. The second-order valence-electron chi connectivity index (χ2n) is 2.32. The molecule has 5 heteroatoms. The van der Waals surface area contributed by atoms with E-state index >= 15 is 0 Å². The van der Waals surface area contributed by atoms with Crippen LogP contribution in [0.4, 0.5) is 4.39 Å². The second-order valence-corrected chi connectivity index (χ2v) is 2.32. The number of nitrogens with one attached hydrogen (secondary N) is 1. The molecule has 0 atom stereocenters. The van der Waals surface area contributed by atoms with Gasteiger partial charge in [0.05, 0.1) is 7.11 Å². The van der Waals surface area contributed by atoms with Gasteiger partial charge in [-0.25, -0.2) is 10.2 Å². The number of rotatable bonds is 2. The number of nitrogens with two attached hydrogens (primary N) is 1. The lowest BCUT2D eigenvalue weighted by molar-refractivity contribution is 0.0953. The Kier molecular flexibility index (Phi) is 2.81. The van der Waals surface area contributed by atoms with E-state index in [4.69, 9.17) is 5.84 Å².